The van der Waals surface area contributed by atoms with Gasteiger partial charge in [-0.1, -0.05) is 43.3 Å². The zero-order valence-electron chi connectivity index (χ0n) is 29.4. The zero-order valence-corrected chi connectivity index (χ0v) is 29.4. The van der Waals surface area contributed by atoms with Gasteiger partial charge in [0.25, 0.3) is 0 Å². The van der Waals surface area contributed by atoms with E-state index in [1.807, 2.05) is 61.5 Å². The number of likely N-dealkylation sites (N-methyl/N-ethyl adjacent to an activating group) is 1. The molecule has 10 nitrogen and oxygen atoms in total. The number of carbonyl (C=O) groups is 2. The minimum Gasteiger partial charge on any atom is -0.496 e. The lowest BCUT2D eigenvalue weighted by molar-refractivity contribution is -0.228. The predicted molar refractivity (Wildman–Crippen MR) is 189 cm³/mol. The Morgan fingerprint density at radius 3 is 2.52 bits per heavy atom. The van der Waals surface area contributed by atoms with Crippen molar-refractivity contribution in [1.29, 1.82) is 0 Å². The summed E-state index contributed by atoms with van der Waals surface area (Å²) in [6.45, 7) is 4.85. The fraction of sp³-hybridized carbons (Fsp3) is 0.425. The van der Waals surface area contributed by atoms with E-state index in [0.717, 1.165) is 52.2 Å². The van der Waals surface area contributed by atoms with Crippen molar-refractivity contribution in [2.24, 2.45) is 12.5 Å². The molecule has 2 fully saturated rings. The number of pyridine rings is 1. The van der Waals surface area contributed by atoms with Crippen molar-refractivity contribution in [2.75, 3.05) is 39.3 Å². The van der Waals surface area contributed by atoms with Crippen molar-refractivity contribution in [3.63, 3.8) is 0 Å². The zero-order chi connectivity index (χ0) is 35.2. The van der Waals surface area contributed by atoms with Crippen molar-refractivity contribution in [3.05, 3.63) is 102 Å². The molecule has 0 radical (unpaired) electrons. The Kier molecular flexibility index (Phi) is 7.44. The van der Waals surface area contributed by atoms with Crippen LogP contribution in [-0.2, 0) is 31.5 Å². The van der Waals surface area contributed by atoms with Crippen LogP contribution in [0.3, 0.4) is 0 Å². The molecule has 4 aromatic rings. The molecule has 10 heteroatoms. The van der Waals surface area contributed by atoms with E-state index < -0.39 is 40.5 Å². The number of anilines is 1. The number of para-hydroxylation sites is 1. The van der Waals surface area contributed by atoms with Gasteiger partial charge < -0.3 is 28.8 Å². The fourth-order valence-electron chi connectivity index (χ4n) is 10.6. The number of esters is 2. The van der Waals surface area contributed by atoms with Gasteiger partial charge in [-0.05, 0) is 60.7 Å². The average Bonchev–Trinajstić information content (AvgIpc) is 3.76. The molecule has 7 unspecified atom stereocenters. The van der Waals surface area contributed by atoms with Crippen LogP contribution in [0.4, 0.5) is 5.69 Å². The van der Waals surface area contributed by atoms with Crippen LogP contribution < -0.4 is 9.64 Å². The smallest absolute Gasteiger partial charge is 0.344 e. The molecule has 1 saturated carbocycles. The van der Waals surface area contributed by atoms with Crippen molar-refractivity contribution < 1.29 is 28.9 Å². The number of fused-ring (bicyclic) bond motifs is 2. The fourth-order valence-corrected chi connectivity index (χ4v) is 10.6. The summed E-state index contributed by atoms with van der Waals surface area (Å²) in [5.74, 6) is -1.00. The van der Waals surface area contributed by atoms with Gasteiger partial charge in [0.1, 0.15) is 5.75 Å². The lowest BCUT2D eigenvalue weighted by Crippen LogP contribution is -2.81. The number of hydrogen-bond acceptors (Lipinski definition) is 9. The number of aromatic nitrogens is 2. The highest BCUT2D eigenvalue weighted by Gasteiger charge is 2.80. The number of aliphatic hydroxyl groups is 1. The van der Waals surface area contributed by atoms with Gasteiger partial charge in [0, 0.05) is 79.2 Å². The molecule has 260 valence electrons. The van der Waals surface area contributed by atoms with Gasteiger partial charge in [0.05, 0.1) is 31.9 Å². The van der Waals surface area contributed by atoms with Crippen LogP contribution in [0.5, 0.6) is 5.75 Å². The van der Waals surface area contributed by atoms with Gasteiger partial charge in [0.2, 0.25) is 5.60 Å². The SMILES string of the molecule is CCC12C=CCN3CCC4(c5cc(C(c6ccccn6)c6cc7ccccc7n6C)c(OC)cc5N(C)C4C(O)(C(=O)OC)C1OC(C)=O)C32. The van der Waals surface area contributed by atoms with Crippen molar-refractivity contribution in [1.82, 2.24) is 14.5 Å². The van der Waals surface area contributed by atoms with Crippen LogP contribution in [0.1, 0.15) is 55.1 Å². The summed E-state index contributed by atoms with van der Waals surface area (Å²) < 4.78 is 20.0. The molecule has 1 spiro atoms. The van der Waals surface area contributed by atoms with Crippen LogP contribution in [0.15, 0.2) is 79.0 Å². The van der Waals surface area contributed by atoms with Gasteiger partial charge in [-0.25, -0.2) is 4.79 Å². The van der Waals surface area contributed by atoms with Gasteiger partial charge >= 0.3 is 11.9 Å². The molecule has 1 N–H and O–H groups in total. The highest BCUT2D eigenvalue weighted by Crippen LogP contribution is 2.68. The van der Waals surface area contributed by atoms with Crippen LogP contribution in [-0.4, -0.2) is 89.6 Å². The van der Waals surface area contributed by atoms with Gasteiger partial charge in [0.15, 0.2) is 6.10 Å². The summed E-state index contributed by atoms with van der Waals surface area (Å²) in [5.41, 5.74) is 2.07. The Morgan fingerprint density at radius 2 is 1.84 bits per heavy atom. The number of benzene rings is 2. The van der Waals surface area contributed by atoms with Crippen molar-refractivity contribution in [2.45, 2.75) is 61.8 Å². The standard InChI is InChI=1S/C40H44N4O6/c1-7-38-16-12-19-44-20-17-39(34(38)44)27-22-26(33(28-14-10-11-18-41-28)31-21-25-13-8-9-15-29(25)42(31)3)32(48-5)23-30(27)43(4)35(39)40(47,37(46)49-6)36(38)50-24(2)45/h8-16,18,21-23,33-36,47H,7,17,19-20H2,1-6H3. The number of methoxy groups -OCH3 is 2. The van der Waals surface area contributed by atoms with Crippen LogP contribution in [0.25, 0.3) is 10.9 Å². The van der Waals surface area contributed by atoms with Gasteiger partial charge in [-0.3, -0.25) is 14.7 Å². The van der Waals surface area contributed by atoms with Crippen molar-refractivity contribution in [3.8, 4) is 5.75 Å². The first-order chi connectivity index (χ1) is 24.1. The van der Waals surface area contributed by atoms with Crippen LogP contribution in [0.2, 0.25) is 0 Å². The minimum absolute atomic E-state index is 0.180. The monoisotopic (exact) mass is 676 g/mol. The van der Waals surface area contributed by atoms with E-state index in [0.29, 0.717) is 18.6 Å². The molecule has 2 aromatic carbocycles. The molecule has 2 aromatic heterocycles. The lowest BCUT2D eigenvalue weighted by Gasteiger charge is -2.63. The number of carbonyl (C=O) groups excluding carboxylic acids is 2. The minimum atomic E-state index is -2.19. The summed E-state index contributed by atoms with van der Waals surface area (Å²) in [5, 5.41) is 14.2. The Morgan fingerprint density at radius 1 is 1.06 bits per heavy atom. The van der Waals surface area contributed by atoms with E-state index >= 15 is 0 Å². The summed E-state index contributed by atoms with van der Waals surface area (Å²) in [6, 6.07) is 19.8. The molecule has 1 aliphatic carbocycles. The number of rotatable bonds is 7. The number of hydrogen-bond donors (Lipinski definition) is 1. The lowest BCUT2D eigenvalue weighted by atomic mass is 9.47. The first-order valence-corrected chi connectivity index (χ1v) is 17.4. The third-order valence-corrected chi connectivity index (χ3v) is 12.3. The molecule has 50 heavy (non-hydrogen) atoms. The second kappa shape index (κ2) is 11.4. The average molecular weight is 677 g/mol. The van der Waals surface area contributed by atoms with Gasteiger partial charge in [-0.15, -0.1) is 0 Å². The van der Waals surface area contributed by atoms with E-state index in [9.17, 15) is 14.7 Å². The second-order valence-corrected chi connectivity index (χ2v) is 14.4. The van der Waals surface area contributed by atoms with E-state index in [4.69, 9.17) is 19.2 Å². The summed E-state index contributed by atoms with van der Waals surface area (Å²) in [6.07, 6.45) is 6.03. The molecule has 1 saturated heterocycles. The molecule has 5 heterocycles. The Bertz CT molecular complexity index is 2040. The predicted octanol–water partition coefficient (Wildman–Crippen LogP) is 4.71. The first-order valence-electron chi connectivity index (χ1n) is 17.4. The molecular formula is C40H44N4O6. The number of ether oxygens (including phenoxy) is 3. The first kappa shape index (κ1) is 32.5. The molecule has 0 amide bonds. The Labute approximate surface area is 292 Å². The third kappa shape index (κ3) is 4.06. The van der Waals surface area contributed by atoms with E-state index in [1.165, 1.54) is 14.0 Å². The highest BCUT2D eigenvalue weighted by molar-refractivity contribution is 5.87. The third-order valence-electron chi connectivity index (χ3n) is 12.3. The van der Waals surface area contributed by atoms with E-state index in [1.54, 1.807) is 7.11 Å². The van der Waals surface area contributed by atoms with Crippen molar-refractivity contribution >= 4 is 28.5 Å². The maximum Gasteiger partial charge on any atom is 0.344 e. The van der Waals surface area contributed by atoms with Crippen LogP contribution in [0, 0.1) is 5.41 Å². The topological polar surface area (TPSA) is 106 Å². The molecule has 3 aliphatic heterocycles. The van der Waals surface area contributed by atoms with E-state index in [-0.39, 0.29) is 12.0 Å². The summed E-state index contributed by atoms with van der Waals surface area (Å²) >= 11 is 0. The van der Waals surface area contributed by atoms with Crippen LogP contribution >= 0.6 is 0 Å². The van der Waals surface area contributed by atoms with E-state index in [2.05, 4.69) is 52.9 Å². The number of aryl methyl sites for hydroxylation is 1. The molecule has 8 rings (SSSR count). The highest BCUT2D eigenvalue weighted by atomic mass is 16.6. The normalized spacial score (nSPS) is 30.1. The summed E-state index contributed by atoms with van der Waals surface area (Å²) in [7, 11) is 6.96. The van der Waals surface area contributed by atoms with Gasteiger partial charge in [-0.2, -0.15) is 0 Å². The Balaban J connectivity index is 1.43. The molecule has 7 atom stereocenters. The summed E-state index contributed by atoms with van der Waals surface area (Å²) in [4.78, 5) is 36.3. The molecular weight excluding hydrogens is 632 g/mol. The maximum absolute atomic E-state index is 14.2. The molecule has 0 bridgehead atoms. The Hall–Kier alpha value is -4.67. The largest absolute Gasteiger partial charge is 0.496 e. The maximum atomic E-state index is 14.2. The molecule has 4 aliphatic rings. The number of nitrogens with zero attached hydrogens (tertiary/aromatic N) is 4. The second-order valence-electron chi connectivity index (χ2n) is 14.4. The quantitative estimate of drug-likeness (QED) is 0.220.